The molecule has 1 saturated carbocycles. The number of nitrogens with one attached hydrogen (secondary N) is 1. The number of hydrogen-bond acceptors (Lipinski definition) is 5. The summed E-state index contributed by atoms with van der Waals surface area (Å²) >= 11 is 0. The minimum absolute atomic E-state index is 0.0348. The number of carbonyl (C=O) groups excluding carboxylic acids is 2. The number of carbonyl (C=O) groups is 2. The van der Waals surface area contributed by atoms with Crippen LogP contribution in [0.5, 0.6) is 0 Å². The van der Waals surface area contributed by atoms with Crippen LogP contribution in [0.25, 0.3) is 11.0 Å². The number of nitrogens with zero attached hydrogens (tertiary/aromatic N) is 5. The Morgan fingerprint density at radius 3 is 2.71 bits per heavy atom. The molecule has 0 radical (unpaired) electrons. The van der Waals surface area contributed by atoms with Gasteiger partial charge in [-0.05, 0) is 43.4 Å². The van der Waals surface area contributed by atoms with E-state index in [4.69, 9.17) is 0 Å². The van der Waals surface area contributed by atoms with Gasteiger partial charge in [-0.25, -0.2) is 4.68 Å². The van der Waals surface area contributed by atoms with Crippen molar-refractivity contribution >= 4 is 22.8 Å². The fourth-order valence-electron chi connectivity index (χ4n) is 3.71. The SMILES string of the molecule is CC(C)CCNC(=O)C(c1cccnc1)N(C(=O)Cn1nnc2ccccc21)C1CC1. The molecular weight excluding hydrogens is 392 g/mol. The van der Waals surface area contributed by atoms with Crippen molar-refractivity contribution in [1.82, 2.24) is 30.2 Å². The highest BCUT2D eigenvalue weighted by Crippen LogP contribution is 2.35. The second-order valence-electron chi connectivity index (χ2n) is 8.43. The molecule has 0 bridgehead atoms. The summed E-state index contributed by atoms with van der Waals surface area (Å²) in [6, 6.07) is 10.5. The Bertz CT molecular complexity index is 1040. The summed E-state index contributed by atoms with van der Waals surface area (Å²) in [5, 5.41) is 11.3. The molecule has 1 fully saturated rings. The summed E-state index contributed by atoms with van der Waals surface area (Å²) < 4.78 is 1.60. The van der Waals surface area contributed by atoms with E-state index in [0.717, 1.165) is 30.3 Å². The number of aromatic nitrogens is 4. The Labute approximate surface area is 181 Å². The second kappa shape index (κ2) is 9.24. The molecule has 2 heterocycles. The molecule has 2 aromatic heterocycles. The van der Waals surface area contributed by atoms with Crippen LogP contribution in [0.15, 0.2) is 48.8 Å². The molecule has 31 heavy (non-hydrogen) atoms. The Hall–Kier alpha value is -3.29. The van der Waals surface area contributed by atoms with E-state index in [1.54, 1.807) is 28.0 Å². The van der Waals surface area contributed by atoms with Gasteiger partial charge in [-0.3, -0.25) is 14.6 Å². The molecule has 2 amide bonds. The van der Waals surface area contributed by atoms with Crippen molar-refractivity contribution in [2.45, 2.75) is 51.7 Å². The Morgan fingerprint density at radius 2 is 2.00 bits per heavy atom. The summed E-state index contributed by atoms with van der Waals surface area (Å²) in [6.45, 7) is 4.85. The number of fused-ring (bicyclic) bond motifs is 1. The van der Waals surface area contributed by atoms with E-state index in [9.17, 15) is 9.59 Å². The first kappa shape index (κ1) is 21.0. The van der Waals surface area contributed by atoms with Gasteiger partial charge in [-0.1, -0.05) is 37.3 Å². The van der Waals surface area contributed by atoms with Gasteiger partial charge in [-0.15, -0.1) is 5.10 Å². The molecule has 1 aromatic carbocycles. The summed E-state index contributed by atoms with van der Waals surface area (Å²) in [6.07, 6.45) is 6.00. The first-order chi connectivity index (χ1) is 15.0. The number of pyridine rings is 1. The summed E-state index contributed by atoms with van der Waals surface area (Å²) in [5.41, 5.74) is 2.25. The summed E-state index contributed by atoms with van der Waals surface area (Å²) in [5.74, 6) is 0.169. The van der Waals surface area contributed by atoms with Gasteiger partial charge in [0.15, 0.2) is 0 Å². The molecule has 1 aliphatic carbocycles. The van der Waals surface area contributed by atoms with Crippen LogP contribution in [0.3, 0.4) is 0 Å². The van der Waals surface area contributed by atoms with Gasteiger partial charge in [-0.2, -0.15) is 0 Å². The van der Waals surface area contributed by atoms with Gasteiger partial charge < -0.3 is 10.2 Å². The van der Waals surface area contributed by atoms with Crippen molar-refractivity contribution in [2.75, 3.05) is 6.54 Å². The Kier molecular flexibility index (Phi) is 6.25. The molecule has 1 N–H and O–H groups in total. The first-order valence-corrected chi connectivity index (χ1v) is 10.8. The third kappa shape index (κ3) is 4.90. The van der Waals surface area contributed by atoms with Crippen molar-refractivity contribution in [3.8, 4) is 0 Å². The van der Waals surface area contributed by atoms with Crippen LogP contribution in [-0.4, -0.2) is 49.3 Å². The highest BCUT2D eigenvalue weighted by molar-refractivity contribution is 5.89. The van der Waals surface area contributed by atoms with E-state index in [1.165, 1.54) is 0 Å². The van der Waals surface area contributed by atoms with E-state index in [1.807, 2.05) is 30.3 Å². The lowest BCUT2D eigenvalue weighted by Gasteiger charge is -2.31. The van der Waals surface area contributed by atoms with Crippen LogP contribution in [0, 0.1) is 5.92 Å². The topological polar surface area (TPSA) is 93.0 Å². The van der Waals surface area contributed by atoms with Gasteiger partial charge >= 0.3 is 0 Å². The molecule has 8 heteroatoms. The quantitative estimate of drug-likeness (QED) is 0.575. The standard InChI is InChI=1S/C23H28N6O2/c1-16(2)11-13-25-23(31)22(17-6-5-12-24-14-17)29(18-9-10-18)21(30)15-28-20-8-4-3-7-19(20)26-27-28/h3-8,12,14,16,18,22H,9-11,13,15H2,1-2H3,(H,25,31). The fraction of sp³-hybridized carbons (Fsp3) is 0.435. The van der Waals surface area contributed by atoms with Crippen molar-refractivity contribution < 1.29 is 9.59 Å². The summed E-state index contributed by atoms with van der Waals surface area (Å²) in [4.78, 5) is 32.6. The maximum Gasteiger partial charge on any atom is 0.247 e. The van der Waals surface area contributed by atoms with E-state index in [2.05, 4.69) is 34.5 Å². The lowest BCUT2D eigenvalue weighted by Crippen LogP contribution is -2.46. The molecule has 3 aromatic rings. The van der Waals surface area contributed by atoms with Gasteiger partial charge in [0.2, 0.25) is 11.8 Å². The number of para-hydroxylation sites is 1. The predicted octanol–water partition coefficient (Wildman–Crippen LogP) is 2.72. The van der Waals surface area contributed by atoms with Crippen LogP contribution >= 0.6 is 0 Å². The van der Waals surface area contributed by atoms with Crippen LogP contribution in [-0.2, 0) is 16.1 Å². The normalized spacial score (nSPS) is 14.5. The van der Waals surface area contributed by atoms with Crippen LogP contribution in [0.1, 0.15) is 44.7 Å². The largest absolute Gasteiger partial charge is 0.354 e. The molecule has 4 rings (SSSR count). The van der Waals surface area contributed by atoms with E-state index < -0.39 is 6.04 Å². The third-order valence-corrected chi connectivity index (χ3v) is 5.48. The monoisotopic (exact) mass is 420 g/mol. The number of hydrogen-bond donors (Lipinski definition) is 1. The van der Waals surface area contributed by atoms with E-state index in [0.29, 0.717) is 18.0 Å². The molecule has 1 unspecified atom stereocenters. The van der Waals surface area contributed by atoms with E-state index >= 15 is 0 Å². The molecular formula is C23H28N6O2. The van der Waals surface area contributed by atoms with Gasteiger partial charge in [0.1, 0.15) is 18.1 Å². The lowest BCUT2D eigenvalue weighted by atomic mass is 10.1. The molecule has 1 atom stereocenters. The Balaban J connectivity index is 1.60. The smallest absolute Gasteiger partial charge is 0.247 e. The second-order valence-corrected chi connectivity index (χ2v) is 8.43. The average Bonchev–Trinajstić information content (AvgIpc) is 3.52. The number of rotatable bonds is 9. The van der Waals surface area contributed by atoms with Gasteiger partial charge in [0, 0.05) is 30.5 Å². The zero-order chi connectivity index (χ0) is 21.8. The lowest BCUT2D eigenvalue weighted by molar-refractivity contribution is -0.142. The molecule has 0 spiro atoms. The van der Waals surface area contributed by atoms with Crippen LogP contribution < -0.4 is 5.32 Å². The van der Waals surface area contributed by atoms with Crippen molar-refractivity contribution in [1.29, 1.82) is 0 Å². The highest BCUT2D eigenvalue weighted by Gasteiger charge is 2.41. The summed E-state index contributed by atoms with van der Waals surface area (Å²) in [7, 11) is 0. The van der Waals surface area contributed by atoms with Crippen LogP contribution in [0.4, 0.5) is 0 Å². The van der Waals surface area contributed by atoms with Crippen molar-refractivity contribution in [3.63, 3.8) is 0 Å². The highest BCUT2D eigenvalue weighted by atomic mass is 16.2. The fourth-order valence-corrected chi connectivity index (χ4v) is 3.71. The van der Waals surface area contributed by atoms with Gasteiger partial charge in [0.05, 0.1) is 5.52 Å². The number of benzene rings is 1. The third-order valence-electron chi connectivity index (χ3n) is 5.48. The Morgan fingerprint density at radius 1 is 1.19 bits per heavy atom. The first-order valence-electron chi connectivity index (χ1n) is 10.8. The maximum atomic E-state index is 13.5. The maximum absolute atomic E-state index is 13.5. The van der Waals surface area contributed by atoms with Crippen LogP contribution in [0.2, 0.25) is 0 Å². The minimum atomic E-state index is -0.712. The average molecular weight is 421 g/mol. The zero-order valence-corrected chi connectivity index (χ0v) is 17.9. The molecule has 0 aliphatic heterocycles. The number of amides is 2. The van der Waals surface area contributed by atoms with Gasteiger partial charge in [0.25, 0.3) is 0 Å². The minimum Gasteiger partial charge on any atom is -0.354 e. The van der Waals surface area contributed by atoms with E-state index in [-0.39, 0.29) is 24.4 Å². The van der Waals surface area contributed by atoms with Crippen molar-refractivity contribution in [3.05, 3.63) is 54.4 Å². The van der Waals surface area contributed by atoms with Crippen molar-refractivity contribution in [2.24, 2.45) is 5.92 Å². The zero-order valence-electron chi connectivity index (χ0n) is 17.9. The predicted molar refractivity (Wildman–Crippen MR) is 117 cm³/mol. The molecule has 0 saturated heterocycles. The molecule has 162 valence electrons. The molecule has 8 nitrogen and oxygen atoms in total. The molecule has 1 aliphatic rings.